The lowest BCUT2D eigenvalue weighted by Crippen LogP contribution is -2.35. The van der Waals surface area contributed by atoms with Crippen molar-refractivity contribution in [1.82, 2.24) is 5.32 Å². The van der Waals surface area contributed by atoms with Crippen LogP contribution in [0.5, 0.6) is 0 Å². The van der Waals surface area contributed by atoms with Crippen LogP contribution in [0.4, 0.5) is 10.5 Å². The highest BCUT2D eigenvalue weighted by molar-refractivity contribution is 6.31. The third kappa shape index (κ3) is 6.00. The predicted molar refractivity (Wildman–Crippen MR) is 102 cm³/mol. The summed E-state index contributed by atoms with van der Waals surface area (Å²) >= 11 is 6.12. The minimum atomic E-state index is -0.799. The number of primary amides is 1. The first-order valence-electron chi connectivity index (χ1n) is 8.16. The second kappa shape index (κ2) is 9.59. The third-order valence-corrected chi connectivity index (χ3v) is 4.19. The van der Waals surface area contributed by atoms with E-state index in [-0.39, 0.29) is 12.3 Å². The van der Waals surface area contributed by atoms with E-state index in [9.17, 15) is 14.4 Å². The lowest BCUT2D eigenvalue weighted by atomic mass is 10.0. The Hall–Kier alpha value is -3.06. The fraction of sp³-hybridized carbons (Fsp3) is 0.211. The Morgan fingerprint density at radius 1 is 1.11 bits per heavy atom. The van der Waals surface area contributed by atoms with E-state index < -0.39 is 24.6 Å². The maximum atomic E-state index is 12.2. The van der Waals surface area contributed by atoms with Crippen LogP contribution < -0.4 is 16.0 Å². The molecule has 3 amide bonds. The van der Waals surface area contributed by atoms with Crippen molar-refractivity contribution in [2.24, 2.45) is 5.73 Å². The van der Waals surface area contributed by atoms with Crippen LogP contribution in [0.1, 0.15) is 18.0 Å². The normalized spacial score (nSPS) is 11.3. The van der Waals surface area contributed by atoms with Gasteiger partial charge in [-0.3, -0.25) is 9.59 Å². The summed E-state index contributed by atoms with van der Waals surface area (Å²) in [7, 11) is 1.59. The molecular formula is C19H20ClN3O4. The summed E-state index contributed by atoms with van der Waals surface area (Å²) in [4.78, 5) is 37.0. The van der Waals surface area contributed by atoms with Crippen molar-refractivity contribution in [1.29, 1.82) is 0 Å². The van der Waals surface area contributed by atoms with Crippen LogP contribution in [0.25, 0.3) is 0 Å². The minimum absolute atomic E-state index is 0.213. The molecule has 27 heavy (non-hydrogen) atoms. The highest BCUT2D eigenvalue weighted by Gasteiger charge is 2.22. The minimum Gasteiger partial charge on any atom is -0.455 e. The van der Waals surface area contributed by atoms with Crippen molar-refractivity contribution in [3.63, 3.8) is 0 Å². The van der Waals surface area contributed by atoms with Gasteiger partial charge in [-0.2, -0.15) is 0 Å². The van der Waals surface area contributed by atoms with Gasteiger partial charge in [-0.25, -0.2) is 4.79 Å². The maximum absolute atomic E-state index is 12.2. The topological polar surface area (TPSA) is 102 Å². The van der Waals surface area contributed by atoms with E-state index in [0.29, 0.717) is 16.3 Å². The molecule has 0 saturated carbocycles. The number of urea groups is 1. The molecule has 0 saturated heterocycles. The molecule has 0 aliphatic carbocycles. The molecule has 0 aliphatic rings. The van der Waals surface area contributed by atoms with E-state index in [1.54, 1.807) is 55.6 Å². The van der Waals surface area contributed by atoms with Gasteiger partial charge in [0, 0.05) is 17.8 Å². The SMILES string of the molecule is CN(C(=O)COC(=O)C[C@@H](NC(N)=O)c1ccccc1Cl)c1ccccc1. The van der Waals surface area contributed by atoms with Gasteiger partial charge in [-0.1, -0.05) is 48.0 Å². The van der Waals surface area contributed by atoms with Gasteiger partial charge >= 0.3 is 12.0 Å². The molecule has 0 aliphatic heterocycles. The number of nitrogens with two attached hydrogens (primary N) is 1. The molecule has 7 nitrogen and oxygen atoms in total. The highest BCUT2D eigenvalue weighted by Crippen LogP contribution is 2.25. The summed E-state index contributed by atoms with van der Waals surface area (Å²) in [6.45, 7) is -0.421. The number of likely N-dealkylation sites (N-methyl/N-ethyl adjacent to an activating group) is 1. The predicted octanol–water partition coefficient (Wildman–Crippen LogP) is 2.65. The number of ether oxygens (including phenoxy) is 1. The van der Waals surface area contributed by atoms with Gasteiger partial charge in [-0.15, -0.1) is 0 Å². The smallest absolute Gasteiger partial charge is 0.312 e. The average molecular weight is 390 g/mol. The summed E-state index contributed by atoms with van der Waals surface area (Å²) in [5.41, 5.74) is 6.39. The average Bonchev–Trinajstić information content (AvgIpc) is 2.65. The molecular weight excluding hydrogens is 370 g/mol. The molecule has 2 aromatic carbocycles. The Balaban J connectivity index is 1.96. The van der Waals surface area contributed by atoms with Crippen molar-refractivity contribution < 1.29 is 19.1 Å². The van der Waals surface area contributed by atoms with E-state index in [1.165, 1.54) is 4.90 Å². The summed E-state index contributed by atoms with van der Waals surface area (Å²) in [6.07, 6.45) is -0.213. The van der Waals surface area contributed by atoms with E-state index >= 15 is 0 Å². The van der Waals surface area contributed by atoms with Gasteiger partial charge < -0.3 is 20.7 Å². The zero-order chi connectivity index (χ0) is 19.8. The second-order valence-electron chi connectivity index (χ2n) is 5.74. The van der Waals surface area contributed by atoms with Crippen LogP contribution in [-0.2, 0) is 14.3 Å². The number of benzene rings is 2. The molecule has 0 bridgehead atoms. The van der Waals surface area contributed by atoms with Gasteiger partial charge in [-0.05, 0) is 23.8 Å². The van der Waals surface area contributed by atoms with Gasteiger partial charge in [0.1, 0.15) is 0 Å². The zero-order valence-corrected chi connectivity index (χ0v) is 15.5. The molecule has 1 atom stereocenters. The number of amides is 3. The van der Waals surface area contributed by atoms with Crippen LogP contribution in [0.15, 0.2) is 54.6 Å². The molecule has 3 N–H and O–H groups in total. The van der Waals surface area contributed by atoms with Crippen molar-refractivity contribution in [3.8, 4) is 0 Å². The summed E-state index contributed by atoms with van der Waals surface area (Å²) < 4.78 is 5.05. The molecule has 2 rings (SSSR count). The van der Waals surface area contributed by atoms with Crippen molar-refractivity contribution in [2.75, 3.05) is 18.6 Å². The first kappa shape index (κ1) is 20.3. The number of halogens is 1. The summed E-state index contributed by atoms with van der Waals surface area (Å²) in [5.74, 6) is -1.05. The molecule has 2 aromatic rings. The standard InChI is InChI=1S/C19H20ClN3O4/c1-23(13-7-3-2-4-8-13)17(24)12-27-18(25)11-16(22-19(21)26)14-9-5-6-10-15(14)20/h2-10,16H,11-12H2,1H3,(H3,21,22,26)/t16-/m1/s1. The highest BCUT2D eigenvalue weighted by atomic mass is 35.5. The Labute approximate surface area is 162 Å². The van der Waals surface area contributed by atoms with Crippen molar-refractivity contribution >= 4 is 35.2 Å². The van der Waals surface area contributed by atoms with E-state index in [4.69, 9.17) is 22.1 Å². The molecule has 0 radical (unpaired) electrons. The van der Waals surface area contributed by atoms with Gasteiger partial charge in [0.2, 0.25) is 0 Å². The van der Waals surface area contributed by atoms with Crippen molar-refractivity contribution in [3.05, 3.63) is 65.2 Å². The number of nitrogens with one attached hydrogen (secondary N) is 1. The van der Waals surface area contributed by atoms with Crippen LogP contribution in [0, 0.1) is 0 Å². The number of para-hydroxylation sites is 1. The number of hydrogen-bond acceptors (Lipinski definition) is 4. The molecule has 0 unspecified atom stereocenters. The lowest BCUT2D eigenvalue weighted by molar-refractivity contribution is -0.148. The summed E-state index contributed by atoms with van der Waals surface area (Å²) in [6, 6.07) is 14.2. The number of hydrogen-bond donors (Lipinski definition) is 2. The molecule has 8 heteroatoms. The Bertz CT molecular complexity index is 814. The fourth-order valence-corrected chi connectivity index (χ4v) is 2.70. The van der Waals surface area contributed by atoms with Crippen molar-refractivity contribution in [2.45, 2.75) is 12.5 Å². The zero-order valence-electron chi connectivity index (χ0n) is 14.7. The van der Waals surface area contributed by atoms with E-state index in [0.717, 1.165) is 0 Å². The Kier molecular flexibility index (Phi) is 7.19. The molecule has 0 heterocycles. The number of rotatable bonds is 7. The van der Waals surface area contributed by atoms with Gasteiger partial charge in [0.15, 0.2) is 6.61 Å². The van der Waals surface area contributed by atoms with E-state index in [1.807, 2.05) is 6.07 Å². The molecule has 142 valence electrons. The Morgan fingerprint density at radius 2 is 1.74 bits per heavy atom. The first-order chi connectivity index (χ1) is 12.9. The van der Waals surface area contributed by atoms with Crippen LogP contribution in [-0.4, -0.2) is 31.6 Å². The maximum Gasteiger partial charge on any atom is 0.312 e. The van der Waals surface area contributed by atoms with Gasteiger partial charge in [0.25, 0.3) is 5.91 Å². The second-order valence-corrected chi connectivity index (χ2v) is 6.14. The van der Waals surface area contributed by atoms with E-state index in [2.05, 4.69) is 5.32 Å². The number of carbonyl (C=O) groups is 3. The lowest BCUT2D eigenvalue weighted by Gasteiger charge is -2.20. The number of carbonyl (C=O) groups excluding carboxylic acids is 3. The van der Waals surface area contributed by atoms with Gasteiger partial charge in [0.05, 0.1) is 12.5 Å². The molecule has 0 fully saturated rings. The number of nitrogens with zero attached hydrogens (tertiary/aromatic N) is 1. The quantitative estimate of drug-likeness (QED) is 0.710. The monoisotopic (exact) mass is 389 g/mol. The third-order valence-electron chi connectivity index (χ3n) is 3.84. The number of anilines is 1. The van der Waals surface area contributed by atoms with Crippen LogP contribution in [0.3, 0.4) is 0 Å². The van der Waals surface area contributed by atoms with Crippen LogP contribution in [0.2, 0.25) is 5.02 Å². The number of esters is 1. The largest absolute Gasteiger partial charge is 0.455 e. The fourth-order valence-electron chi connectivity index (χ4n) is 2.43. The molecule has 0 spiro atoms. The summed E-state index contributed by atoms with van der Waals surface area (Å²) in [5, 5.41) is 2.84. The van der Waals surface area contributed by atoms with Crippen LogP contribution >= 0.6 is 11.6 Å². The first-order valence-corrected chi connectivity index (χ1v) is 8.54. The molecule has 0 aromatic heterocycles. The Morgan fingerprint density at radius 3 is 2.37 bits per heavy atom.